The molecule has 1 rings (SSSR count). The number of hydrogen-bond acceptors (Lipinski definition) is 4. The molecule has 1 unspecified atom stereocenters. The molecule has 7 heteroatoms. The van der Waals surface area contributed by atoms with Gasteiger partial charge in [0.2, 0.25) is 11.8 Å². The average molecular weight is 284 g/mol. The number of amides is 2. The van der Waals surface area contributed by atoms with E-state index in [1.807, 2.05) is 13.8 Å². The van der Waals surface area contributed by atoms with E-state index < -0.39 is 5.41 Å². The van der Waals surface area contributed by atoms with E-state index in [4.69, 9.17) is 16.7 Å². The predicted octanol–water partition coefficient (Wildman–Crippen LogP) is 0.263. The maximum Gasteiger partial charge on any atom is 0.236 e. The van der Waals surface area contributed by atoms with Crippen molar-refractivity contribution in [1.29, 1.82) is 0 Å². The summed E-state index contributed by atoms with van der Waals surface area (Å²) < 4.78 is 0. The Hall–Kier alpha value is -1.79. The zero-order chi connectivity index (χ0) is 15.3. The molecule has 0 bridgehead atoms. The Balaban J connectivity index is 2.98. The second-order valence-electron chi connectivity index (χ2n) is 5.27. The number of carbonyl (C=O) groups excluding carboxylic acids is 2. The molecule has 0 aromatic rings. The number of hydrogen-bond donors (Lipinski definition) is 3. The summed E-state index contributed by atoms with van der Waals surface area (Å²) in [5.41, 5.74) is 10.1. The molecule has 1 aliphatic heterocycles. The van der Waals surface area contributed by atoms with E-state index in [0.29, 0.717) is 32.4 Å². The van der Waals surface area contributed by atoms with Crippen molar-refractivity contribution in [3.8, 4) is 0 Å². The first-order valence-electron chi connectivity index (χ1n) is 6.99. The van der Waals surface area contributed by atoms with Crippen LogP contribution >= 0.6 is 0 Å². The third-order valence-corrected chi connectivity index (χ3v) is 4.33. The van der Waals surface area contributed by atoms with Crippen molar-refractivity contribution in [2.45, 2.75) is 39.5 Å². The Morgan fingerprint density at radius 3 is 2.40 bits per heavy atom. The number of carbonyl (C=O) groups is 2. The number of primary amides is 1. The molecule has 0 spiro atoms. The minimum absolute atomic E-state index is 0.0753. The molecule has 5 N–H and O–H groups in total. The van der Waals surface area contributed by atoms with E-state index in [2.05, 4.69) is 5.16 Å². The van der Waals surface area contributed by atoms with Crippen LogP contribution < -0.4 is 11.5 Å². The number of likely N-dealkylation sites (tertiary alicyclic amines) is 1. The van der Waals surface area contributed by atoms with Crippen LogP contribution in [0.5, 0.6) is 0 Å². The van der Waals surface area contributed by atoms with Crippen molar-refractivity contribution in [1.82, 2.24) is 4.90 Å². The number of amidine groups is 1. The Kier molecular flexibility index (Phi) is 5.35. The number of nitrogens with zero attached hydrogens (tertiary/aromatic N) is 2. The predicted molar refractivity (Wildman–Crippen MR) is 74.9 cm³/mol. The van der Waals surface area contributed by atoms with Crippen LogP contribution in [0.2, 0.25) is 0 Å². The Morgan fingerprint density at radius 2 is 1.95 bits per heavy atom. The van der Waals surface area contributed by atoms with Crippen molar-refractivity contribution in [3.63, 3.8) is 0 Å². The highest BCUT2D eigenvalue weighted by molar-refractivity contribution is 6.06. The largest absolute Gasteiger partial charge is 0.409 e. The lowest BCUT2D eigenvalue weighted by molar-refractivity contribution is -0.141. The van der Waals surface area contributed by atoms with Gasteiger partial charge in [0.1, 0.15) is 5.41 Å². The maximum absolute atomic E-state index is 12.8. The van der Waals surface area contributed by atoms with E-state index in [9.17, 15) is 9.59 Å². The molecule has 114 valence electrons. The van der Waals surface area contributed by atoms with Gasteiger partial charge in [0.15, 0.2) is 5.84 Å². The molecule has 2 amide bonds. The lowest BCUT2D eigenvalue weighted by atomic mass is 9.79. The Morgan fingerprint density at radius 1 is 1.35 bits per heavy atom. The van der Waals surface area contributed by atoms with Crippen LogP contribution in [0.1, 0.15) is 39.5 Å². The first-order chi connectivity index (χ1) is 9.42. The molecule has 1 saturated heterocycles. The number of piperidine rings is 1. The van der Waals surface area contributed by atoms with E-state index in [0.717, 1.165) is 6.42 Å². The molecule has 7 nitrogen and oxygen atoms in total. The summed E-state index contributed by atoms with van der Waals surface area (Å²) in [5.74, 6) is -0.964. The van der Waals surface area contributed by atoms with Crippen LogP contribution in [-0.4, -0.2) is 40.8 Å². The summed E-state index contributed by atoms with van der Waals surface area (Å²) in [6, 6.07) is 0. The zero-order valence-corrected chi connectivity index (χ0v) is 12.1. The molecule has 1 aliphatic rings. The fourth-order valence-corrected chi connectivity index (χ4v) is 2.82. The SMILES string of the molecule is CCC(CC)(C(=O)N1CCCC(C(N)=O)C1)C(N)=NO. The minimum atomic E-state index is -1.01. The van der Waals surface area contributed by atoms with Gasteiger partial charge in [-0.1, -0.05) is 19.0 Å². The smallest absolute Gasteiger partial charge is 0.236 e. The van der Waals surface area contributed by atoms with Crippen LogP contribution in [0.4, 0.5) is 0 Å². The maximum atomic E-state index is 12.8. The van der Waals surface area contributed by atoms with Crippen molar-refractivity contribution in [3.05, 3.63) is 0 Å². The van der Waals surface area contributed by atoms with Gasteiger partial charge in [-0.25, -0.2) is 0 Å². The Labute approximate surface area is 119 Å². The van der Waals surface area contributed by atoms with Gasteiger partial charge in [-0.15, -0.1) is 0 Å². The van der Waals surface area contributed by atoms with Crippen molar-refractivity contribution >= 4 is 17.6 Å². The topological polar surface area (TPSA) is 122 Å². The number of oxime groups is 1. The highest BCUT2D eigenvalue weighted by Crippen LogP contribution is 2.31. The molecule has 1 heterocycles. The van der Waals surface area contributed by atoms with Crippen molar-refractivity contribution in [2.75, 3.05) is 13.1 Å². The molecule has 0 aromatic carbocycles. The van der Waals surface area contributed by atoms with Crippen molar-refractivity contribution in [2.24, 2.45) is 28.0 Å². The van der Waals surface area contributed by atoms with Crippen LogP contribution in [0, 0.1) is 11.3 Å². The molecule has 0 aliphatic carbocycles. The standard InChI is InChI=1S/C13H24N4O3/c1-3-13(4-2,11(15)16-20)12(19)17-7-5-6-9(8-17)10(14)18/h9,20H,3-8H2,1-2H3,(H2,14,18)(H2,15,16). The molecule has 1 atom stereocenters. The van der Waals surface area contributed by atoms with E-state index in [1.54, 1.807) is 4.90 Å². The molecule has 1 fully saturated rings. The molecule has 0 radical (unpaired) electrons. The fourth-order valence-electron chi connectivity index (χ4n) is 2.82. The summed E-state index contributed by atoms with van der Waals surface area (Å²) in [5, 5.41) is 12.0. The molecule has 20 heavy (non-hydrogen) atoms. The third kappa shape index (κ3) is 2.86. The highest BCUT2D eigenvalue weighted by Gasteiger charge is 2.43. The number of rotatable bonds is 5. The van der Waals surface area contributed by atoms with Gasteiger partial charge < -0.3 is 21.6 Å². The quantitative estimate of drug-likeness (QED) is 0.290. The summed E-state index contributed by atoms with van der Waals surface area (Å²) in [4.78, 5) is 25.7. The molecule has 0 saturated carbocycles. The highest BCUT2D eigenvalue weighted by atomic mass is 16.4. The van der Waals surface area contributed by atoms with E-state index in [1.165, 1.54) is 0 Å². The normalized spacial score (nSPS) is 20.8. The summed E-state index contributed by atoms with van der Waals surface area (Å²) in [7, 11) is 0. The second-order valence-corrected chi connectivity index (χ2v) is 5.27. The number of nitrogens with two attached hydrogens (primary N) is 2. The van der Waals surface area contributed by atoms with Crippen LogP contribution in [-0.2, 0) is 9.59 Å². The van der Waals surface area contributed by atoms with Gasteiger partial charge in [-0.3, -0.25) is 9.59 Å². The summed E-state index contributed by atoms with van der Waals surface area (Å²) in [6.45, 7) is 4.54. The summed E-state index contributed by atoms with van der Waals surface area (Å²) in [6.07, 6.45) is 2.32. The van der Waals surface area contributed by atoms with Crippen molar-refractivity contribution < 1.29 is 14.8 Å². The lowest BCUT2D eigenvalue weighted by Crippen LogP contribution is -2.54. The van der Waals surface area contributed by atoms with E-state index >= 15 is 0 Å². The van der Waals surface area contributed by atoms with Gasteiger partial charge in [0.05, 0.1) is 5.92 Å². The molecular formula is C13H24N4O3. The average Bonchev–Trinajstić information content (AvgIpc) is 2.48. The van der Waals surface area contributed by atoms with Gasteiger partial charge >= 0.3 is 0 Å². The third-order valence-electron chi connectivity index (χ3n) is 4.33. The van der Waals surface area contributed by atoms with Gasteiger partial charge in [0, 0.05) is 13.1 Å². The van der Waals surface area contributed by atoms with Gasteiger partial charge in [-0.05, 0) is 25.7 Å². The molecule has 0 aromatic heterocycles. The van der Waals surface area contributed by atoms with Crippen LogP contribution in [0.3, 0.4) is 0 Å². The first kappa shape index (κ1) is 16.3. The Bertz CT molecular complexity index is 404. The van der Waals surface area contributed by atoms with Gasteiger partial charge in [-0.2, -0.15) is 0 Å². The fraction of sp³-hybridized carbons (Fsp3) is 0.769. The first-order valence-corrected chi connectivity index (χ1v) is 6.99. The lowest BCUT2D eigenvalue weighted by Gasteiger charge is -2.38. The second kappa shape index (κ2) is 6.58. The molecular weight excluding hydrogens is 260 g/mol. The monoisotopic (exact) mass is 284 g/mol. The van der Waals surface area contributed by atoms with Crippen LogP contribution in [0.15, 0.2) is 5.16 Å². The zero-order valence-electron chi connectivity index (χ0n) is 12.1. The van der Waals surface area contributed by atoms with E-state index in [-0.39, 0.29) is 23.6 Å². The van der Waals surface area contributed by atoms with Crippen LogP contribution in [0.25, 0.3) is 0 Å². The minimum Gasteiger partial charge on any atom is -0.409 e. The summed E-state index contributed by atoms with van der Waals surface area (Å²) >= 11 is 0. The van der Waals surface area contributed by atoms with Gasteiger partial charge in [0.25, 0.3) is 0 Å².